The van der Waals surface area contributed by atoms with Crippen LogP contribution in [0.4, 0.5) is 5.69 Å². The van der Waals surface area contributed by atoms with Crippen molar-refractivity contribution in [3.63, 3.8) is 0 Å². The smallest absolute Gasteiger partial charge is 0.234 e. The first-order valence-electron chi connectivity index (χ1n) is 10.1. The van der Waals surface area contributed by atoms with Gasteiger partial charge in [0.05, 0.1) is 17.9 Å². The molecule has 0 radical (unpaired) electrons. The minimum Gasteiger partial charge on any atom is -0.494 e. The first-order valence-corrected chi connectivity index (χ1v) is 11.1. The molecule has 0 atom stereocenters. The third-order valence-corrected chi connectivity index (χ3v) is 5.71. The van der Waals surface area contributed by atoms with Crippen LogP contribution in [0.15, 0.2) is 77.8 Å². The van der Waals surface area contributed by atoms with Gasteiger partial charge in [-0.05, 0) is 43.7 Å². The molecule has 1 amide bonds. The SMILES string of the molecule is CCOc1ccc(NC(=O)CSc2nc(-c3ccccc3)nc3c(C)cccc23)cc1. The molecule has 156 valence electrons. The highest BCUT2D eigenvalue weighted by Crippen LogP contribution is 2.30. The molecule has 31 heavy (non-hydrogen) atoms. The van der Waals surface area contributed by atoms with Crippen LogP contribution in [0.5, 0.6) is 5.75 Å². The summed E-state index contributed by atoms with van der Waals surface area (Å²) in [6.45, 7) is 4.59. The summed E-state index contributed by atoms with van der Waals surface area (Å²) in [5, 5.41) is 4.69. The van der Waals surface area contributed by atoms with Crippen molar-refractivity contribution in [1.82, 2.24) is 9.97 Å². The Bertz CT molecular complexity index is 1190. The third kappa shape index (κ3) is 5.03. The zero-order valence-corrected chi connectivity index (χ0v) is 18.3. The molecular weight excluding hydrogens is 406 g/mol. The number of fused-ring (bicyclic) bond motifs is 1. The number of benzene rings is 3. The molecule has 1 N–H and O–H groups in total. The van der Waals surface area contributed by atoms with E-state index in [-0.39, 0.29) is 11.7 Å². The van der Waals surface area contributed by atoms with Gasteiger partial charge < -0.3 is 10.1 Å². The second-order valence-corrected chi connectivity index (χ2v) is 7.95. The second kappa shape index (κ2) is 9.62. The van der Waals surface area contributed by atoms with E-state index >= 15 is 0 Å². The summed E-state index contributed by atoms with van der Waals surface area (Å²) in [6, 6.07) is 23.3. The Morgan fingerprint density at radius 1 is 0.968 bits per heavy atom. The highest BCUT2D eigenvalue weighted by molar-refractivity contribution is 8.00. The standard InChI is InChI=1S/C25H23N3O2S/c1-3-30-20-14-12-19(13-15-20)26-22(29)16-31-25-21-11-7-8-17(2)23(21)27-24(28-25)18-9-5-4-6-10-18/h4-15H,3,16H2,1-2H3,(H,26,29). The number of thioether (sulfide) groups is 1. The number of nitrogens with one attached hydrogen (secondary N) is 1. The average Bonchev–Trinajstić information content (AvgIpc) is 2.80. The summed E-state index contributed by atoms with van der Waals surface area (Å²) in [6.07, 6.45) is 0. The average molecular weight is 430 g/mol. The van der Waals surface area contributed by atoms with Crippen LogP contribution in [0.2, 0.25) is 0 Å². The van der Waals surface area contributed by atoms with Gasteiger partial charge >= 0.3 is 0 Å². The van der Waals surface area contributed by atoms with E-state index in [1.807, 2.05) is 86.6 Å². The third-order valence-electron chi connectivity index (χ3n) is 4.71. The number of ether oxygens (including phenoxy) is 1. The van der Waals surface area contributed by atoms with Crippen LogP contribution in [-0.2, 0) is 4.79 Å². The van der Waals surface area contributed by atoms with E-state index in [0.717, 1.165) is 38.5 Å². The second-order valence-electron chi connectivity index (χ2n) is 6.98. The van der Waals surface area contributed by atoms with E-state index in [1.165, 1.54) is 11.8 Å². The summed E-state index contributed by atoms with van der Waals surface area (Å²) in [4.78, 5) is 22.1. The number of amides is 1. The van der Waals surface area contributed by atoms with Crippen molar-refractivity contribution < 1.29 is 9.53 Å². The van der Waals surface area contributed by atoms with Crippen LogP contribution >= 0.6 is 11.8 Å². The fraction of sp³-hybridized carbons (Fsp3) is 0.160. The Hall–Kier alpha value is -3.38. The topological polar surface area (TPSA) is 64.1 Å². The van der Waals surface area contributed by atoms with Gasteiger partial charge in [0.15, 0.2) is 5.82 Å². The first kappa shape index (κ1) is 20.9. The van der Waals surface area contributed by atoms with Gasteiger partial charge in [-0.1, -0.05) is 60.3 Å². The van der Waals surface area contributed by atoms with E-state index in [9.17, 15) is 4.79 Å². The number of rotatable bonds is 7. The predicted octanol–water partition coefficient (Wildman–Crippen LogP) is 5.73. The van der Waals surface area contributed by atoms with Crippen LogP contribution in [0.3, 0.4) is 0 Å². The number of anilines is 1. The molecule has 0 bridgehead atoms. The number of carbonyl (C=O) groups excluding carboxylic acids is 1. The van der Waals surface area contributed by atoms with Crippen LogP contribution < -0.4 is 10.1 Å². The minimum atomic E-state index is -0.0881. The predicted molar refractivity (Wildman–Crippen MR) is 127 cm³/mol. The van der Waals surface area contributed by atoms with Gasteiger partial charge in [0.1, 0.15) is 10.8 Å². The Kier molecular flexibility index (Phi) is 6.48. The lowest BCUT2D eigenvalue weighted by molar-refractivity contribution is -0.113. The number of hydrogen-bond acceptors (Lipinski definition) is 5. The molecule has 1 heterocycles. The van der Waals surface area contributed by atoms with Crippen molar-refractivity contribution in [3.05, 3.63) is 78.4 Å². The molecule has 3 aromatic carbocycles. The number of aryl methyl sites for hydroxylation is 1. The van der Waals surface area contributed by atoms with Crippen molar-refractivity contribution in [3.8, 4) is 17.1 Å². The molecule has 1 aromatic heterocycles. The molecule has 0 unspecified atom stereocenters. The van der Waals surface area contributed by atoms with Crippen molar-refractivity contribution >= 4 is 34.3 Å². The largest absolute Gasteiger partial charge is 0.494 e. The van der Waals surface area contributed by atoms with Crippen molar-refractivity contribution in [1.29, 1.82) is 0 Å². The summed E-state index contributed by atoms with van der Waals surface area (Å²) >= 11 is 1.42. The quantitative estimate of drug-likeness (QED) is 0.300. The van der Waals surface area contributed by atoms with Gasteiger partial charge in [-0.3, -0.25) is 4.79 Å². The fourth-order valence-corrected chi connectivity index (χ4v) is 4.04. The summed E-state index contributed by atoms with van der Waals surface area (Å²) in [5.41, 5.74) is 3.68. The Balaban J connectivity index is 1.54. The highest BCUT2D eigenvalue weighted by atomic mass is 32.2. The Morgan fingerprint density at radius 3 is 2.48 bits per heavy atom. The van der Waals surface area contributed by atoms with Crippen LogP contribution in [0.1, 0.15) is 12.5 Å². The van der Waals surface area contributed by atoms with Gasteiger partial charge in [-0.15, -0.1) is 0 Å². The molecule has 6 heteroatoms. The lowest BCUT2D eigenvalue weighted by Gasteiger charge is -2.11. The number of para-hydroxylation sites is 1. The van der Waals surface area contributed by atoms with Gasteiger partial charge in [-0.25, -0.2) is 9.97 Å². The number of carbonyl (C=O) groups is 1. The van der Waals surface area contributed by atoms with E-state index < -0.39 is 0 Å². The lowest BCUT2D eigenvalue weighted by atomic mass is 10.1. The molecule has 0 spiro atoms. The van der Waals surface area contributed by atoms with Crippen LogP contribution in [0.25, 0.3) is 22.3 Å². The van der Waals surface area contributed by atoms with Gasteiger partial charge in [0.2, 0.25) is 5.91 Å². The molecule has 0 aliphatic heterocycles. The van der Waals surface area contributed by atoms with Gasteiger partial charge in [-0.2, -0.15) is 0 Å². The van der Waals surface area contributed by atoms with Gasteiger partial charge in [0.25, 0.3) is 0 Å². The Labute approximate surface area is 185 Å². The number of aromatic nitrogens is 2. The number of nitrogens with zero attached hydrogens (tertiary/aromatic N) is 2. The summed E-state index contributed by atoms with van der Waals surface area (Å²) < 4.78 is 5.44. The van der Waals surface area contributed by atoms with Crippen molar-refractivity contribution in [2.24, 2.45) is 0 Å². The molecule has 5 nitrogen and oxygen atoms in total. The van der Waals surface area contributed by atoms with E-state index in [0.29, 0.717) is 12.4 Å². The minimum absolute atomic E-state index is 0.0881. The van der Waals surface area contributed by atoms with Crippen molar-refractivity contribution in [2.45, 2.75) is 18.9 Å². The van der Waals surface area contributed by atoms with Gasteiger partial charge in [0, 0.05) is 16.6 Å². The molecule has 4 aromatic rings. The molecular formula is C25H23N3O2S. The van der Waals surface area contributed by atoms with Crippen LogP contribution in [-0.4, -0.2) is 28.2 Å². The maximum Gasteiger partial charge on any atom is 0.234 e. The van der Waals surface area contributed by atoms with E-state index in [4.69, 9.17) is 14.7 Å². The molecule has 0 fully saturated rings. The van der Waals surface area contributed by atoms with E-state index in [1.54, 1.807) is 0 Å². The number of hydrogen-bond donors (Lipinski definition) is 1. The van der Waals surface area contributed by atoms with E-state index in [2.05, 4.69) is 5.32 Å². The maximum atomic E-state index is 12.5. The molecule has 0 aliphatic rings. The van der Waals surface area contributed by atoms with Crippen LogP contribution in [0, 0.1) is 6.92 Å². The monoisotopic (exact) mass is 429 g/mol. The highest BCUT2D eigenvalue weighted by Gasteiger charge is 2.13. The first-order chi connectivity index (χ1) is 15.1. The molecule has 0 saturated heterocycles. The summed E-state index contributed by atoms with van der Waals surface area (Å²) in [5.74, 6) is 1.61. The lowest BCUT2D eigenvalue weighted by Crippen LogP contribution is -2.14. The molecule has 4 rings (SSSR count). The molecule has 0 saturated carbocycles. The summed E-state index contributed by atoms with van der Waals surface area (Å²) in [7, 11) is 0. The normalized spacial score (nSPS) is 10.8. The molecule has 0 aliphatic carbocycles. The maximum absolute atomic E-state index is 12.5. The fourth-order valence-electron chi connectivity index (χ4n) is 3.23. The van der Waals surface area contributed by atoms with Crippen molar-refractivity contribution in [2.75, 3.05) is 17.7 Å². The zero-order valence-electron chi connectivity index (χ0n) is 17.5. The Morgan fingerprint density at radius 2 is 1.74 bits per heavy atom. The zero-order chi connectivity index (χ0) is 21.6.